The van der Waals surface area contributed by atoms with Gasteiger partial charge in [-0.1, -0.05) is 0 Å². The van der Waals surface area contributed by atoms with Crippen LogP contribution >= 0.6 is 0 Å². The van der Waals surface area contributed by atoms with Crippen molar-refractivity contribution in [2.24, 2.45) is 38.7 Å². The number of aliphatic carboxylic acids is 1. The SMILES string of the molecule is NC(N)=NCCCC(N)C(=O)NC(CCCN=C(N)N)C(=O)NCC(=O)N1CCCC1C(=O)O. The number of rotatable bonds is 14. The average molecular weight is 485 g/mol. The Labute approximate surface area is 197 Å². The fourth-order valence-electron chi connectivity index (χ4n) is 3.41. The van der Waals surface area contributed by atoms with Crippen LogP contribution in [-0.2, 0) is 19.2 Å². The Morgan fingerprint density at radius 1 is 0.971 bits per heavy atom. The molecule has 34 heavy (non-hydrogen) atoms. The summed E-state index contributed by atoms with van der Waals surface area (Å²) in [4.78, 5) is 57.8. The number of carbonyl (C=O) groups is 4. The summed E-state index contributed by atoms with van der Waals surface area (Å²) in [6.45, 7) is 0.452. The first-order valence-corrected chi connectivity index (χ1v) is 11.0. The summed E-state index contributed by atoms with van der Waals surface area (Å²) in [6.07, 6.45) is 2.24. The number of aliphatic imine (C=N–C) groups is 2. The Kier molecular flexibility index (Phi) is 12.1. The summed E-state index contributed by atoms with van der Waals surface area (Å²) in [5, 5.41) is 14.3. The molecule has 0 aromatic carbocycles. The molecule has 0 aromatic rings. The molecule has 1 aliphatic rings. The zero-order valence-corrected chi connectivity index (χ0v) is 19.1. The van der Waals surface area contributed by atoms with Crippen molar-refractivity contribution in [3.05, 3.63) is 0 Å². The fraction of sp³-hybridized carbons (Fsp3) is 0.684. The van der Waals surface area contributed by atoms with Gasteiger partial charge >= 0.3 is 5.97 Å². The first-order valence-electron chi connectivity index (χ1n) is 11.0. The Bertz CT molecular complexity index is 779. The van der Waals surface area contributed by atoms with Gasteiger partial charge in [0.15, 0.2) is 11.9 Å². The molecule has 0 saturated carbocycles. The molecule has 0 aromatic heterocycles. The highest BCUT2D eigenvalue weighted by Crippen LogP contribution is 2.17. The molecule has 0 radical (unpaired) electrons. The third kappa shape index (κ3) is 10.3. The third-order valence-corrected chi connectivity index (χ3v) is 5.15. The van der Waals surface area contributed by atoms with Crippen LogP contribution in [0.15, 0.2) is 9.98 Å². The molecule has 15 heteroatoms. The summed E-state index contributed by atoms with van der Waals surface area (Å²) in [5.74, 6) is -2.92. The first-order chi connectivity index (χ1) is 16.0. The normalized spacial score (nSPS) is 16.7. The molecule has 0 bridgehead atoms. The molecule has 13 N–H and O–H groups in total. The Hall–Kier alpha value is -3.62. The van der Waals surface area contributed by atoms with E-state index in [-0.39, 0.29) is 31.3 Å². The minimum absolute atomic E-state index is 0.0614. The van der Waals surface area contributed by atoms with E-state index in [1.807, 2.05) is 0 Å². The van der Waals surface area contributed by atoms with Crippen molar-refractivity contribution in [2.45, 2.75) is 56.7 Å². The topological polar surface area (TPSA) is 271 Å². The van der Waals surface area contributed by atoms with Gasteiger partial charge in [-0.05, 0) is 38.5 Å². The second-order valence-corrected chi connectivity index (χ2v) is 7.87. The van der Waals surface area contributed by atoms with Crippen LogP contribution in [0, 0.1) is 0 Å². The predicted octanol–water partition coefficient (Wildman–Crippen LogP) is -3.90. The van der Waals surface area contributed by atoms with Crippen LogP contribution in [-0.4, -0.2) is 89.9 Å². The maximum atomic E-state index is 12.7. The van der Waals surface area contributed by atoms with E-state index in [9.17, 15) is 24.3 Å². The van der Waals surface area contributed by atoms with Gasteiger partial charge in [0.2, 0.25) is 17.7 Å². The monoisotopic (exact) mass is 484 g/mol. The number of carbonyl (C=O) groups excluding carboxylic acids is 3. The van der Waals surface area contributed by atoms with Gasteiger partial charge < -0.3 is 49.3 Å². The van der Waals surface area contributed by atoms with Crippen molar-refractivity contribution in [2.75, 3.05) is 26.2 Å². The van der Waals surface area contributed by atoms with E-state index in [4.69, 9.17) is 28.7 Å². The molecule has 0 aliphatic carbocycles. The van der Waals surface area contributed by atoms with Gasteiger partial charge in [-0.15, -0.1) is 0 Å². The summed E-state index contributed by atoms with van der Waals surface area (Å²) in [5.41, 5.74) is 27.0. The number of likely N-dealkylation sites (tertiary alicyclic amines) is 1. The minimum Gasteiger partial charge on any atom is -0.480 e. The number of hydrogen-bond donors (Lipinski definition) is 8. The third-order valence-electron chi connectivity index (χ3n) is 5.15. The van der Waals surface area contributed by atoms with Crippen LogP contribution in [0.3, 0.4) is 0 Å². The van der Waals surface area contributed by atoms with Gasteiger partial charge in [0.05, 0.1) is 12.6 Å². The molecule has 0 spiro atoms. The highest BCUT2D eigenvalue weighted by atomic mass is 16.4. The summed E-state index contributed by atoms with van der Waals surface area (Å²) in [7, 11) is 0. The van der Waals surface area contributed by atoms with Crippen molar-refractivity contribution >= 4 is 35.6 Å². The lowest BCUT2D eigenvalue weighted by molar-refractivity contribution is -0.148. The number of guanidine groups is 2. The van der Waals surface area contributed by atoms with Crippen molar-refractivity contribution in [1.82, 2.24) is 15.5 Å². The maximum Gasteiger partial charge on any atom is 0.326 e. The van der Waals surface area contributed by atoms with Gasteiger partial charge in [0.1, 0.15) is 12.1 Å². The van der Waals surface area contributed by atoms with E-state index >= 15 is 0 Å². The number of carboxylic acid groups (broad SMARTS) is 1. The minimum atomic E-state index is -1.09. The smallest absolute Gasteiger partial charge is 0.326 e. The zero-order valence-electron chi connectivity index (χ0n) is 19.1. The predicted molar refractivity (Wildman–Crippen MR) is 125 cm³/mol. The van der Waals surface area contributed by atoms with E-state index in [1.165, 1.54) is 4.90 Å². The molecule has 15 nitrogen and oxygen atoms in total. The van der Waals surface area contributed by atoms with Crippen molar-refractivity contribution in [3.63, 3.8) is 0 Å². The van der Waals surface area contributed by atoms with Gasteiger partial charge in [-0.25, -0.2) is 4.79 Å². The summed E-state index contributed by atoms with van der Waals surface area (Å²) < 4.78 is 0. The van der Waals surface area contributed by atoms with E-state index < -0.39 is 48.4 Å². The van der Waals surface area contributed by atoms with Crippen LogP contribution < -0.4 is 39.3 Å². The lowest BCUT2D eigenvalue weighted by Crippen LogP contribution is -2.53. The Morgan fingerprint density at radius 2 is 1.56 bits per heavy atom. The maximum absolute atomic E-state index is 12.7. The molecule has 1 fully saturated rings. The van der Waals surface area contributed by atoms with Crippen LogP contribution in [0.5, 0.6) is 0 Å². The second-order valence-electron chi connectivity index (χ2n) is 7.87. The van der Waals surface area contributed by atoms with Crippen LogP contribution in [0.25, 0.3) is 0 Å². The zero-order chi connectivity index (χ0) is 25.7. The molecule has 3 unspecified atom stereocenters. The van der Waals surface area contributed by atoms with E-state index in [1.54, 1.807) is 0 Å². The van der Waals surface area contributed by atoms with Crippen LogP contribution in [0.2, 0.25) is 0 Å². The Morgan fingerprint density at radius 3 is 2.12 bits per heavy atom. The first kappa shape index (κ1) is 28.4. The largest absolute Gasteiger partial charge is 0.480 e. The van der Waals surface area contributed by atoms with Gasteiger partial charge in [-0.2, -0.15) is 0 Å². The molecular formula is C19H36N10O5. The second kappa shape index (κ2) is 14.5. The summed E-state index contributed by atoms with van der Waals surface area (Å²) in [6, 6.07) is -2.80. The highest BCUT2D eigenvalue weighted by Gasteiger charge is 2.34. The fourth-order valence-corrected chi connectivity index (χ4v) is 3.41. The standard InChI is InChI=1S/C19H36N10O5/c20-11(4-1-7-25-18(21)22)15(31)28-12(5-2-8-26-19(23)24)16(32)27-10-14(30)29-9-3-6-13(29)17(33)34/h11-13H,1-10,20H2,(H,27,32)(H,28,31)(H,33,34)(H4,21,22,25)(H4,23,24,26). The molecule has 1 heterocycles. The van der Waals surface area contributed by atoms with Crippen molar-refractivity contribution < 1.29 is 24.3 Å². The molecule has 1 rings (SSSR count). The molecule has 1 aliphatic heterocycles. The van der Waals surface area contributed by atoms with E-state index in [0.29, 0.717) is 38.8 Å². The quantitative estimate of drug-likeness (QED) is 0.0673. The molecule has 3 amide bonds. The molecule has 192 valence electrons. The number of carboxylic acids is 1. The van der Waals surface area contributed by atoms with E-state index in [0.717, 1.165) is 0 Å². The molecule has 3 atom stereocenters. The van der Waals surface area contributed by atoms with Gasteiger partial charge in [-0.3, -0.25) is 24.4 Å². The summed E-state index contributed by atoms with van der Waals surface area (Å²) >= 11 is 0. The lowest BCUT2D eigenvalue weighted by atomic mass is 10.1. The molecule has 1 saturated heterocycles. The number of amides is 3. The van der Waals surface area contributed by atoms with Crippen molar-refractivity contribution in [1.29, 1.82) is 0 Å². The van der Waals surface area contributed by atoms with Crippen LogP contribution in [0.4, 0.5) is 0 Å². The number of hydrogen-bond acceptors (Lipinski definition) is 7. The van der Waals surface area contributed by atoms with Gasteiger partial charge in [0, 0.05) is 19.6 Å². The average Bonchev–Trinajstić information content (AvgIpc) is 3.26. The number of nitrogens with zero attached hydrogens (tertiary/aromatic N) is 3. The highest BCUT2D eigenvalue weighted by molar-refractivity contribution is 5.92. The van der Waals surface area contributed by atoms with E-state index in [2.05, 4.69) is 20.6 Å². The van der Waals surface area contributed by atoms with Gasteiger partial charge in [0.25, 0.3) is 0 Å². The lowest BCUT2D eigenvalue weighted by Gasteiger charge is -2.23. The molecular weight excluding hydrogens is 448 g/mol. The van der Waals surface area contributed by atoms with Crippen LogP contribution in [0.1, 0.15) is 38.5 Å². The van der Waals surface area contributed by atoms with Crippen molar-refractivity contribution in [3.8, 4) is 0 Å². The Balaban J connectivity index is 2.68. The number of nitrogens with one attached hydrogen (secondary N) is 2. The number of nitrogens with two attached hydrogens (primary N) is 5.